The molecule has 1 aromatic heterocycles. The molecule has 0 aliphatic carbocycles. The van der Waals surface area contributed by atoms with E-state index in [1.807, 2.05) is 78.9 Å². The summed E-state index contributed by atoms with van der Waals surface area (Å²) in [5, 5.41) is 17.5. The fraction of sp³-hybridized carbons (Fsp3) is 0.185. The average molecular weight is 472 g/mol. The number of anilines is 1. The van der Waals surface area contributed by atoms with Gasteiger partial charge in [-0.05, 0) is 47.4 Å². The number of carbonyl (C=O) groups excluding carboxylic acids is 1. The number of rotatable bonds is 11. The molecule has 8 nitrogen and oxygen atoms in total. The van der Waals surface area contributed by atoms with E-state index in [9.17, 15) is 14.7 Å². The molecule has 1 N–H and O–H groups in total. The van der Waals surface area contributed by atoms with Gasteiger partial charge in [0.05, 0.1) is 13.5 Å². The molecule has 0 saturated heterocycles. The van der Waals surface area contributed by atoms with Gasteiger partial charge >= 0.3 is 5.97 Å². The minimum absolute atomic E-state index is 0.124. The van der Waals surface area contributed by atoms with Crippen LogP contribution in [0.25, 0.3) is 11.1 Å². The molecule has 178 valence electrons. The maximum absolute atomic E-state index is 12.2. The number of methoxy groups -OCH3 is 1. The number of benzene rings is 3. The van der Waals surface area contributed by atoms with Gasteiger partial charge in [0, 0.05) is 12.1 Å². The van der Waals surface area contributed by atoms with E-state index in [0.29, 0.717) is 24.4 Å². The van der Waals surface area contributed by atoms with Gasteiger partial charge in [0.25, 0.3) is 0 Å². The van der Waals surface area contributed by atoms with Crippen LogP contribution in [0.2, 0.25) is 0 Å². The Kier molecular flexibility index (Phi) is 7.52. The Hall–Kier alpha value is -4.46. The van der Waals surface area contributed by atoms with Crippen LogP contribution in [0.3, 0.4) is 0 Å². The smallest absolute Gasteiger partial charge is 0.303 e. The van der Waals surface area contributed by atoms with Gasteiger partial charge in [-0.25, -0.2) is 0 Å². The number of carboxylic acids is 1. The lowest BCUT2D eigenvalue weighted by molar-refractivity contribution is -0.137. The topological polar surface area (TPSA) is 106 Å². The Bertz CT molecular complexity index is 1250. The molecule has 8 heteroatoms. The van der Waals surface area contributed by atoms with E-state index in [1.165, 1.54) is 4.90 Å². The summed E-state index contributed by atoms with van der Waals surface area (Å²) in [5.74, 6) is 0.330. The average Bonchev–Trinajstić information content (AvgIpc) is 3.35. The molecule has 0 bridgehead atoms. The van der Waals surface area contributed by atoms with Crippen molar-refractivity contribution >= 4 is 18.1 Å². The second kappa shape index (κ2) is 11.1. The molecule has 0 aliphatic heterocycles. The van der Waals surface area contributed by atoms with Crippen molar-refractivity contribution in [2.24, 2.45) is 0 Å². The van der Waals surface area contributed by atoms with Gasteiger partial charge in [-0.15, -0.1) is 10.2 Å². The van der Waals surface area contributed by atoms with E-state index in [2.05, 4.69) is 10.2 Å². The summed E-state index contributed by atoms with van der Waals surface area (Å²) in [6, 6.07) is 24.1. The van der Waals surface area contributed by atoms with Crippen molar-refractivity contribution < 1.29 is 23.8 Å². The molecule has 0 radical (unpaired) electrons. The third-order valence-electron chi connectivity index (χ3n) is 5.64. The van der Waals surface area contributed by atoms with Crippen LogP contribution in [0.15, 0.2) is 83.3 Å². The van der Waals surface area contributed by atoms with E-state index in [4.69, 9.17) is 9.15 Å². The van der Waals surface area contributed by atoms with Gasteiger partial charge in [-0.1, -0.05) is 54.6 Å². The summed E-state index contributed by atoms with van der Waals surface area (Å²) in [6.45, 7) is 0. The molecular weight excluding hydrogens is 446 g/mol. The normalized spacial score (nSPS) is 11.6. The van der Waals surface area contributed by atoms with Gasteiger partial charge in [-0.2, -0.15) is 0 Å². The third kappa shape index (κ3) is 5.92. The number of hydrogen-bond donors (Lipinski definition) is 1. The Morgan fingerprint density at radius 1 is 1.00 bits per heavy atom. The van der Waals surface area contributed by atoms with Crippen LogP contribution in [-0.2, 0) is 16.0 Å². The zero-order valence-electron chi connectivity index (χ0n) is 19.2. The number of ether oxygens (including phenoxy) is 1. The summed E-state index contributed by atoms with van der Waals surface area (Å²) in [5.41, 5.74) is 3.61. The van der Waals surface area contributed by atoms with Crippen LogP contribution < -0.4 is 9.64 Å². The highest BCUT2D eigenvalue weighted by molar-refractivity contribution is 5.78. The molecule has 0 aliphatic rings. The van der Waals surface area contributed by atoms with Gasteiger partial charge in [-0.3, -0.25) is 9.59 Å². The van der Waals surface area contributed by atoms with Gasteiger partial charge in [0.1, 0.15) is 11.8 Å². The lowest BCUT2D eigenvalue weighted by Gasteiger charge is -2.25. The SMILES string of the molecule is COc1ccc(Cc2nnc(C(CCC(=O)O)N(C=O)c3ccc(-c4ccccc4)cc3)o2)cc1. The zero-order chi connectivity index (χ0) is 24.6. The van der Waals surface area contributed by atoms with Crippen molar-refractivity contribution in [3.63, 3.8) is 0 Å². The monoisotopic (exact) mass is 471 g/mol. The number of aromatic nitrogens is 2. The Morgan fingerprint density at radius 2 is 1.69 bits per heavy atom. The van der Waals surface area contributed by atoms with E-state index in [-0.39, 0.29) is 18.7 Å². The molecule has 0 fully saturated rings. The maximum Gasteiger partial charge on any atom is 0.303 e. The van der Waals surface area contributed by atoms with Gasteiger partial charge in [0.2, 0.25) is 18.2 Å². The Labute approximate surface area is 202 Å². The van der Waals surface area contributed by atoms with Crippen LogP contribution in [-0.4, -0.2) is 34.8 Å². The predicted octanol–water partition coefficient (Wildman–Crippen LogP) is 4.90. The van der Waals surface area contributed by atoms with E-state index in [1.54, 1.807) is 7.11 Å². The van der Waals surface area contributed by atoms with E-state index >= 15 is 0 Å². The second-order valence-electron chi connectivity index (χ2n) is 7.93. The lowest BCUT2D eigenvalue weighted by atomic mass is 10.0. The summed E-state index contributed by atoms with van der Waals surface area (Å²) < 4.78 is 11.1. The highest BCUT2D eigenvalue weighted by Gasteiger charge is 2.27. The Morgan fingerprint density at radius 3 is 2.31 bits per heavy atom. The fourth-order valence-electron chi connectivity index (χ4n) is 3.80. The van der Waals surface area contributed by atoms with E-state index in [0.717, 1.165) is 22.4 Å². The molecule has 4 rings (SSSR count). The van der Waals surface area contributed by atoms with Crippen molar-refractivity contribution in [3.8, 4) is 16.9 Å². The molecule has 1 atom stereocenters. The van der Waals surface area contributed by atoms with Crippen molar-refractivity contribution in [1.29, 1.82) is 0 Å². The first-order chi connectivity index (χ1) is 17.1. The summed E-state index contributed by atoms with van der Waals surface area (Å²) in [6.07, 6.45) is 1.03. The van der Waals surface area contributed by atoms with Crippen molar-refractivity contribution in [3.05, 3.63) is 96.2 Å². The number of aliphatic carboxylic acids is 1. The molecule has 0 saturated carbocycles. The van der Waals surface area contributed by atoms with Gasteiger partial charge < -0.3 is 19.2 Å². The standard InChI is InChI=1S/C27H25N3O5/c1-34-23-13-7-19(8-14-23)17-25-28-29-27(35-25)24(15-16-26(32)33)30(18-31)22-11-9-21(10-12-22)20-5-3-2-4-6-20/h2-14,18,24H,15-17H2,1H3,(H,32,33). The Balaban J connectivity index is 1.58. The molecule has 3 aromatic carbocycles. The minimum atomic E-state index is -0.974. The van der Waals surface area contributed by atoms with Crippen molar-refractivity contribution in [1.82, 2.24) is 10.2 Å². The molecule has 1 unspecified atom stereocenters. The van der Waals surface area contributed by atoms with Crippen molar-refractivity contribution in [2.45, 2.75) is 25.3 Å². The highest BCUT2D eigenvalue weighted by Crippen LogP contribution is 2.31. The highest BCUT2D eigenvalue weighted by atomic mass is 16.5. The van der Waals surface area contributed by atoms with Crippen LogP contribution in [0.5, 0.6) is 5.75 Å². The number of hydrogen-bond acceptors (Lipinski definition) is 6. The molecular formula is C27H25N3O5. The van der Waals surface area contributed by atoms with Gasteiger partial charge in [0.15, 0.2) is 0 Å². The van der Waals surface area contributed by atoms with Crippen LogP contribution in [0, 0.1) is 0 Å². The first-order valence-corrected chi connectivity index (χ1v) is 11.1. The maximum atomic E-state index is 12.2. The first kappa shape index (κ1) is 23.7. The number of carboxylic acid groups (broad SMARTS) is 1. The summed E-state index contributed by atoms with van der Waals surface area (Å²) in [4.78, 5) is 24.9. The molecule has 0 spiro atoms. The lowest BCUT2D eigenvalue weighted by Crippen LogP contribution is -2.28. The second-order valence-corrected chi connectivity index (χ2v) is 7.93. The largest absolute Gasteiger partial charge is 0.497 e. The molecule has 4 aromatic rings. The number of amides is 1. The fourth-order valence-corrected chi connectivity index (χ4v) is 3.80. The predicted molar refractivity (Wildman–Crippen MR) is 130 cm³/mol. The minimum Gasteiger partial charge on any atom is -0.497 e. The quantitative estimate of drug-likeness (QED) is 0.310. The molecule has 1 amide bonds. The van der Waals surface area contributed by atoms with Crippen LogP contribution in [0.1, 0.15) is 36.2 Å². The zero-order valence-corrected chi connectivity index (χ0v) is 19.2. The van der Waals surface area contributed by atoms with E-state index < -0.39 is 12.0 Å². The number of carbonyl (C=O) groups is 2. The van der Waals surface area contributed by atoms with Crippen LogP contribution >= 0.6 is 0 Å². The first-order valence-electron chi connectivity index (χ1n) is 11.1. The van der Waals surface area contributed by atoms with Crippen molar-refractivity contribution in [2.75, 3.05) is 12.0 Å². The summed E-state index contributed by atoms with van der Waals surface area (Å²) in [7, 11) is 1.60. The summed E-state index contributed by atoms with van der Waals surface area (Å²) >= 11 is 0. The number of nitrogens with zero attached hydrogens (tertiary/aromatic N) is 3. The van der Waals surface area contributed by atoms with Crippen LogP contribution in [0.4, 0.5) is 5.69 Å². The molecule has 1 heterocycles. The molecule has 35 heavy (non-hydrogen) atoms. The third-order valence-corrected chi connectivity index (χ3v) is 5.64.